The SMILES string of the molecule is COc1ccc2cc(C(=O)N3CCC([C@H](C)C(=O)NCc4ccc(Cl)cc4)CC3)[nH]c2c1. The minimum Gasteiger partial charge on any atom is -0.497 e. The molecule has 32 heavy (non-hydrogen) atoms. The van der Waals surface area contributed by atoms with E-state index < -0.39 is 0 Å². The van der Waals surface area contributed by atoms with Crippen molar-refractivity contribution in [1.82, 2.24) is 15.2 Å². The molecule has 7 heteroatoms. The number of hydrogen-bond acceptors (Lipinski definition) is 3. The second-order valence-electron chi connectivity index (χ2n) is 8.40. The molecule has 1 aliphatic heterocycles. The molecule has 6 nitrogen and oxygen atoms in total. The summed E-state index contributed by atoms with van der Waals surface area (Å²) < 4.78 is 5.26. The number of carbonyl (C=O) groups is 2. The maximum atomic E-state index is 13.0. The fraction of sp³-hybridized carbons (Fsp3) is 0.360. The number of H-pyrrole nitrogens is 1. The molecule has 0 radical (unpaired) electrons. The van der Waals surface area contributed by atoms with Gasteiger partial charge >= 0.3 is 0 Å². The highest BCUT2D eigenvalue weighted by Crippen LogP contribution is 2.27. The van der Waals surface area contributed by atoms with E-state index in [-0.39, 0.29) is 23.7 Å². The van der Waals surface area contributed by atoms with Crippen LogP contribution in [-0.2, 0) is 11.3 Å². The number of ether oxygens (including phenoxy) is 1. The van der Waals surface area contributed by atoms with E-state index in [1.807, 2.05) is 60.4 Å². The molecule has 1 saturated heterocycles. The number of carbonyl (C=O) groups excluding carboxylic acids is 2. The summed E-state index contributed by atoms with van der Waals surface area (Å²) in [4.78, 5) is 30.7. The van der Waals surface area contributed by atoms with Crippen molar-refractivity contribution in [2.45, 2.75) is 26.3 Å². The van der Waals surface area contributed by atoms with Crippen LogP contribution in [0.25, 0.3) is 10.9 Å². The Balaban J connectivity index is 1.30. The Bertz CT molecular complexity index is 1100. The molecule has 1 atom stereocenters. The van der Waals surface area contributed by atoms with E-state index in [0.29, 0.717) is 30.4 Å². The van der Waals surface area contributed by atoms with Crippen molar-refractivity contribution in [1.29, 1.82) is 0 Å². The van der Waals surface area contributed by atoms with Gasteiger partial charge in [-0.25, -0.2) is 0 Å². The molecular formula is C25H28ClN3O3. The predicted molar refractivity (Wildman–Crippen MR) is 126 cm³/mol. The van der Waals surface area contributed by atoms with Gasteiger partial charge in [-0.1, -0.05) is 30.7 Å². The van der Waals surface area contributed by atoms with Gasteiger partial charge in [-0.2, -0.15) is 0 Å². The Morgan fingerprint density at radius 3 is 2.56 bits per heavy atom. The third-order valence-electron chi connectivity index (χ3n) is 6.39. The Kier molecular flexibility index (Phi) is 6.70. The average molecular weight is 454 g/mol. The summed E-state index contributed by atoms with van der Waals surface area (Å²) in [6.45, 7) is 3.77. The van der Waals surface area contributed by atoms with E-state index in [1.165, 1.54) is 0 Å². The first-order valence-electron chi connectivity index (χ1n) is 10.9. The first kappa shape index (κ1) is 22.2. The molecule has 2 amide bonds. The quantitative estimate of drug-likeness (QED) is 0.571. The van der Waals surface area contributed by atoms with Crippen LogP contribution >= 0.6 is 11.6 Å². The van der Waals surface area contributed by atoms with Crippen molar-refractivity contribution in [2.75, 3.05) is 20.2 Å². The van der Waals surface area contributed by atoms with Crippen LogP contribution in [0.3, 0.4) is 0 Å². The zero-order chi connectivity index (χ0) is 22.7. The first-order valence-corrected chi connectivity index (χ1v) is 11.3. The van der Waals surface area contributed by atoms with E-state index >= 15 is 0 Å². The summed E-state index contributed by atoms with van der Waals surface area (Å²) in [5.41, 5.74) is 2.49. The predicted octanol–water partition coefficient (Wildman–Crippen LogP) is 4.63. The number of halogens is 1. The Hall–Kier alpha value is -2.99. The van der Waals surface area contributed by atoms with Gasteiger partial charge in [-0.3, -0.25) is 9.59 Å². The number of nitrogens with one attached hydrogen (secondary N) is 2. The molecular weight excluding hydrogens is 426 g/mol. The van der Waals surface area contributed by atoms with Crippen LogP contribution in [0.1, 0.15) is 35.8 Å². The van der Waals surface area contributed by atoms with Gasteiger partial charge in [0, 0.05) is 47.5 Å². The fourth-order valence-corrected chi connectivity index (χ4v) is 4.41. The average Bonchev–Trinajstić information content (AvgIpc) is 3.26. The third-order valence-corrected chi connectivity index (χ3v) is 6.64. The lowest BCUT2D eigenvalue weighted by Crippen LogP contribution is -2.42. The van der Waals surface area contributed by atoms with Gasteiger partial charge in [-0.05, 0) is 54.7 Å². The summed E-state index contributed by atoms with van der Waals surface area (Å²) >= 11 is 5.91. The molecule has 0 spiro atoms. The van der Waals surface area contributed by atoms with Gasteiger partial charge in [0.05, 0.1) is 7.11 Å². The van der Waals surface area contributed by atoms with Gasteiger partial charge in [0.25, 0.3) is 5.91 Å². The summed E-state index contributed by atoms with van der Waals surface area (Å²) in [5.74, 6) is 0.964. The van der Waals surface area contributed by atoms with Crippen LogP contribution in [-0.4, -0.2) is 41.9 Å². The monoisotopic (exact) mass is 453 g/mol. The molecule has 168 valence electrons. The van der Waals surface area contributed by atoms with Crippen LogP contribution in [0.15, 0.2) is 48.5 Å². The summed E-state index contributed by atoms with van der Waals surface area (Å²) in [7, 11) is 1.62. The maximum Gasteiger partial charge on any atom is 0.270 e. The molecule has 2 aromatic carbocycles. The molecule has 3 aromatic rings. The topological polar surface area (TPSA) is 74.4 Å². The molecule has 1 fully saturated rings. The fourth-order valence-electron chi connectivity index (χ4n) is 4.29. The standard InChI is InChI=1S/C25H28ClN3O3/c1-16(24(30)27-15-17-3-6-20(26)7-4-17)18-9-11-29(12-10-18)25(31)23-13-19-5-8-21(32-2)14-22(19)28-23/h3-8,13-14,16,18,28H,9-12,15H2,1-2H3,(H,27,30)/t16-/m0/s1. The molecule has 1 aromatic heterocycles. The first-order chi connectivity index (χ1) is 15.4. The highest BCUT2D eigenvalue weighted by atomic mass is 35.5. The van der Waals surface area contributed by atoms with E-state index in [1.54, 1.807) is 7.11 Å². The van der Waals surface area contributed by atoms with Gasteiger partial charge in [0.1, 0.15) is 11.4 Å². The molecule has 0 saturated carbocycles. The van der Waals surface area contributed by atoms with Crippen molar-refractivity contribution in [3.63, 3.8) is 0 Å². The van der Waals surface area contributed by atoms with E-state index in [0.717, 1.165) is 35.1 Å². The van der Waals surface area contributed by atoms with Gasteiger partial charge in [0.2, 0.25) is 5.91 Å². The van der Waals surface area contributed by atoms with Crippen molar-refractivity contribution >= 4 is 34.3 Å². The van der Waals surface area contributed by atoms with E-state index in [2.05, 4.69) is 10.3 Å². The Morgan fingerprint density at radius 2 is 1.88 bits per heavy atom. The Morgan fingerprint density at radius 1 is 1.16 bits per heavy atom. The lowest BCUT2D eigenvalue weighted by atomic mass is 9.84. The van der Waals surface area contributed by atoms with Crippen LogP contribution in [0.2, 0.25) is 5.02 Å². The number of piperidine rings is 1. The zero-order valence-corrected chi connectivity index (χ0v) is 19.1. The smallest absolute Gasteiger partial charge is 0.270 e. The number of aromatic nitrogens is 1. The third kappa shape index (κ3) is 4.91. The molecule has 4 rings (SSSR count). The number of rotatable bonds is 6. The van der Waals surface area contributed by atoms with Crippen LogP contribution in [0.5, 0.6) is 5.75 Å². The minimum atomic E-state index is -0.0971. The van der Waals surface area contributed by atoms with Crippen LogP contribution in [0, 0.1) is 11.8 Å². The van der Waals surface area contributed by atoms with Crippen molar-refractivity contribution in [2.24, 2.45) is 11.8 Å². The van der Waals surface area contributed by atoms with Crippen LogP contribution in [0.4, 0.5) is 0 Å². The number of fused-ring (bicyclic) bond motifs is 1. The lowest BCUT2D eigenvalue weighted by molar-refractivity contribution is -0.126. The van der Waals surface area contributed by atoms with Crippen LogP contribution < -0.4 is 10.1 Å². The lowest BCUT2D eigenvalue weighted by Gasteiger charge is -2.34. The molecule has 0 aliphatic carbocycles. The highest BCUT2D eigenvalue weighted by Gasteiger charge is 2.30. The summed E-state index contributed by atoms with van der Waals surface area (Å²) in [6.07, 6.45) is 1.63. The zero-order valence-electron chi connectivity index (χ0n) is 18.4. The van der Waals surface area contributed by atoms with Gasteiger partial charge in [0.15, 0.2) is 0 Å². The van der Waals surface area contributed by atoms with E-state index in [9.17, 15) is 9.59 Å². The molecule has 0 unspecified atom stereocenters. The number of methoxy groups -OCH3 is 1. The van der Waals surface area contributed by atoms with Crippen molar-refractivity contribution < 1.29 is 14.3 Å². The minimum absolute atomic E-state index is 0.00143. The van der Waals surface area contributed by atoms with Gasteiger partial charge < -0.3 is 19.9 Å². The largest absolute Gasteiger partial charge is 0.497 e. The maximum absolute atomic E-state index is 13.0. The Labute approximate surface area is 192 Å². The molecule has 1 aliphatic rings. The summed E-state index contributed by atoms with van der Waals surface area (Å²) in [5, 5.41) is 4.69. The number of benzene rings is 2. The van der Waals surface area contributed by atoms with Gasteiger partial charge in [-0.15, -0.1) is 0 Å². The number of amides is 2. The van der Waals surface area contributed by atoms with Crippen molar-refractivity contribution in [3.05, 3.63) is 64.8 Å². The van der Waals surface area contributed by atoms with Crippen molar-refractivity contribution in [3.8, 4) is 5.75 Å². The summed E-state index contributed by atoms with van der Waals surface area (Å²) in [6, 6.07) is 15.1. The molecule has 2 N–H and O–H groups in total. The highest BCUT2D eigenvalue weighted by molar-refractivity contribution is 6.30. The van der Waals surface area contributed by atoms with E-state index in [4.69, 9.17) is 16.3 Å². The second kappa shape index (κ2) is 9.65. The number of nitrogens with zero attached hydrogens (tertiary/aromatic N) is 1. The second-order valence-corrected chi connectivity index (χ2v) is 8.84. The number of likely N-dealkylation sites (tertiary alicyclic amines) is 1. The normalized spacial score (nSPS) is 15.5. The number of hydrogen-bond donors (Lipinski definition) is 2. The molecule has 0 bridgehead atoms. The number of aromatic amines is 1. The molecule has 2 heterocycles.